The van der Waals surface area contributed by atoms with Crippen molar-refractivity contribution >= 4 is 22.4 Å². The van der Waals surface area contributed by atoms with E-state index in [2.05, 4.69) is 10.2 Å². The minimum absolute atomic E-state index is 0.00282. The van der Waals surface area contributed by atoms with E-state index in [-0.39, 0.29) is 5.91 Å². The third-order valence-corrected chi connectivity index (χ3v) is 5.09. The number of likely N-dealkylation sites (N-methyl/N-ethyl adjacent to an activating group) is 1. The fourth-order valence-electron chi connectivity index (χ4n) is 2.42. The smallest absolute Gasteiger partial charge is 0.238 e. The summed E-state index contributed by atoms with van der Waals surface area (Å²) in [6, 6.07) is 8.16. The van der Waals surface area contributed by atoms with Crippen LogP contribution in [0.1, 0.15) is 18.4 Å². The van der Waals surface area contributed by atoms with E-state index in [0.29, 0.717) is 12.6 Å². The molecule has 0 atom stereocenters. The highest BCUT2D eigenvalue weighted by atomic mass is 32.2. The number of rotatable bonds is 4. The van der Waals surface area contributed by atoms with Crippen LogP contribution < -0.4 is 5.32 Å². The highest BCUT2D eigenvalue weighted by molar-refractivity contribution is 7.85. The van der Waals surface area contributed by atoms with Crippen LogP contribution >= 0.6 is 0 Å². The van der Waals surface area contributed by atoms with Gasteiger partial charge in [0, 0.05) is 34.0 Å². The molecule has 0 aliphatic carbocycles. The van der Waals surface area contributed by atoms with Gasteiger partial charge in [0.15, 0.2) is 0 Å². The van der Waals surface area contributed by atoms with Crippen LogP contribution in [0.3, 0.4) is 0 Å². The van der Waals surface area contributed by atoms with Gasteiger partial charge in [-0.3, -0.25) is 13.9 Å². The molecule has 1 heterocycles. The quantitative estimate of drug-likeness (QED) is 0.921. The standard InChI is InChI=1S/C15H22N2O2S/c1-12-3-5-13(6-4-12)16-15(18)11-17(2)14-7-9-20(19)10-8-14/h3-6,14H,7-11H2,1-2H3,(H,16,18). The molecule has 0 spiro atoms. The lowest BCUT2D eigenvalue weighted by Crippen LogP contribution is -2.41. The van der Waals surface area contributed by atoms with Crippen LogP contribution in [-0.4, -0.2) is 46.2 Å². The van der Waals surface area contributed by atoms with E-state index in [1.807, 2.05) is 38.2 Å². The fourth-order valence-corrected chi connectivity index (χ4v) is 3.69. The SMILES string of the molecule is Cc1ccc(NC(=O)CN(C)C2CCS(=O)CC2)cc1. The molecule has 0 unspecified atom stereocenters. The minimum Gasteiger partial charge on any atom is -0.325 e. The van der Waals surface area contributed by atoms with E-state index in [1.54, 1.807) is 0 Å². The van der Waals surface area contributed by atoms with Crippen LogP contribution in [0.2, 0.25) is 0 Å². The molecule has 5 heteroatoms. The maximum atomic E-state index is 12.0. The molecule has 1 saturated heterocycles. The molecule has 1 fully saturated rings. The van der Waals surface area contributed by atoms with Gasteiger partial charge in [0.1, 0.15) is 0 Å². The number of hydrogen-bond donors (Lipinski definition) is 1. The minimum atomic E-state index is -0.651. The lowest BCUT2D eigenvalue weighted by Gasteiger charge is -2.30. The second kappa shape index (κ2) is 6.99. The van der Waals surface area contributed by atoms with E-state index < -0.39 is 10.8 Å². The molecule has 0 bridgehead atoms. The average molecular weight is 294 g/mol. The maximum absolute atomic E-state index is 12.0. The van der Waals surface area contributed by atoms with Crippen molar-refractivity contribution in [3.63, 3.8) is 0 Å². The first kappa shape index (κ1) is 15.2. The summed E-state index contributed by atoms with van der Waals surface area (Å²) < 4.78 is 11.3. The average Bonchev–Trinajstić information content (AvgIpc) is 2.42. The summed E-state index contributed by atoms with van der Waals surface area (Å²) >= 11 is 0. The van der Waals surface area contributed by atoms with Gasteiger partial charge in [-0.1, -0.05) is 17.7 Å². The second-order valence-electron chi connectivity index (χ2n) is 5.41. The number of carbonyl (C=O) groups is 1. The van der Waals surface area contributed by atoms with E-state index in [0.717, 1.165) is 30.0 Å². The van der Waals surface area contributed by atoms with E-state index in [1.165, 1.54) is 5.56 Å². The summed E-state index contributed by atoms with van der Waals surface area (Å²) in [7, 11) is 1.31. The van der Waals surface area contributed by atoms with Crippen LogP contribution in [0.25, 0.3) is 0 Å². The Hall–Kier alpha value is -1.20. The lowest BCUT2D eigenvalue weighted by molar-refractivity contribution is -0.117. The Morgan fingerprint density at radius 1 is 1.30 bits per heavy atom. The van der Waals surface area contributed by atoms with Crippen LogP contribution in [0, 0.1) is 6.92 Å². The van der Waals surface area contributed by atoms with Gasteiger partial charge in [-0.15, -0.1) is 0 Å². The number of anilines is 1. The topological polar surface area (TPSA) is 49.4 Å². The number of benzene rings is 1. The summed E-state index contributed by atoms with van der Waals surface area (Å²) in [6.07, 6.45) is 1.84. The van der Waals surface area contributed by atoms with Crippen molar-refractivity contribution in [2.75, 3.05) is 30.4 Å². The Morgan fingerprint density at radius 3 is 2.50 bits per heavy atom. The molecule has 1 aliphatic heterocycles. The van der Waals surface area contributed by atoms with E-state index in [9.17, 15) is 9.00 Å². The van der Waals surface area contributed by atoms with Crippen molar-refractivity contribution in [2.24, 2.45) is 0 Å². The molecule has 1 N–H and O–H groups in total. The van der Waals surface area contributed by atoms with Crippen molar-refractivity contribution < 1.29 is 9.00 Å². The highest BCUT2D eigenvalue weighted by Gasteiger charge is 2.22. The van der Waals surface area contributed by atoms with Gasteiger partial charge in [-0.25, -0.2) is 0 Å². The Bertz CT molecular complexity index is 477. The summed E-state index contributed by atoms with van der Waals surface area (Å²) in [5, 5.41) is 2.91. The molecule has 1 aromatic carbocycles. The molecule has 0 radical (unpaired) electrons. The number of aryl methyl sites for hydroxylation is 1. The Morgan fingerprint density at radius 2 is 1.90 bits per heavy atom. The first-order valence-electron chi connectivity index (χ1n) is 6.96. The van der Waals surface area contributed by atoms with E-state index in [4.69, 9.17) is 0 Å². The van der Waals surface area contributed by atoms with Gasteiger partial charge in [0.2, 0.25) is 5.91 Å². The molecule has 110 valence electrons. The molecule has 4 nitrogen and oxygen atoms in total. The molecule has 0 saturated carbocycles. The Kier molecular flexibility index (Phi) is 5.31. The Balaban J connectivity index is 1.81. The van der Waals surface area contributed by atoms with Crippen LogP contribution in [0.15, 0.2) is 24.3 Å². The second-order valence-corrected chi connectivity index (χ2v) is 7.10. The maximum Gasteiger partial charge on any atom is 0.238 e. The van der Waals surface area contributed by atoms with Crippen LogP contribution in [0.4, 0.5) is 5.69 Å². The predicted molar refractivity (Wildman–Crippen MR) is 83.3 cm³/mol. The third-order valence-electron chi connectivity index (χ3n) is 3.71. The highest BCUT2D eigenvalue weighted by Crippen LogP contribution is 2.15. The molecule has 2 rings (SSSR count). The number of hydrogen-bond acceptors (Lipinski definition) is 3. The first-order chi connectivity index (χ1) is 9.54. The van der Waals surface area contributed by atoms with Gasteiger partial charge in [0.05, 0.1) is 6.54 Å². The largest absolute Gasteiger partial charge is 0.325 e. The molecule has 1 amide bonds. The lowest BCUT2D eigenvalue weighted by atomic mass is 10.1. The molecular formula is C15H22N2O2S. The van der Waals surface area contributed by atoms with Crippen molar-refractivity contribution in [3.8, 4) is 0 Å². The zero-order valence-corrected chi connectivity index (χ0v) is 12.9. The number of carbonyl (C=O) groups excluding carboxylic acids is 1. The first-order valence-corrected chi connectivity index (χ1v) is 8.45. The van der Waals surface area contributed by atoms with Crippen LogP contribution in [0.5, 0.6) is 0 Å². The van der Waals surface area contributed by atoms with Gasteiger partial charge in [-0.2, -0.15) is 0 Å². The van der Waals surface area contributed by atoms with Crippen molar-refractivity contribution in [1.82, 2.24) is 4.90 Å². The monoisotopic (exact) mass is 294 g/mol. The summed E-state index contributed by atoms with van der Waals surface area (Å²) in [5.74, 6) is 1.52. The normalized spacial score (nSPS) is 22.8. The van der Waals surface area contributed by atoms with Crippen LogP contribution in [-0.2, 0) is 15.6 Å². The van der Waals surface area contributed by atoms with Gasteiger partial charge < -0.3 is 5.32 Å². The summed E-state index contributed by atoms with van der Waals surface area (Å²) in [6.45, 7) is 2.40. The fraction of sp³-hybridized carbons (Fsp3) is 0.533. The zero-order chi connectivity index (χ0) is 14.5. The molecule has 20 heavy (non-hydrogen) atoms. The van der Waals surface area contributed by atoms with Gasteiger partial charge in [0.25, 0.3) is 0 Å². The molecule has 0 aromatic heterocycles. The molecule has 1 aliphatic rings. The number of amides is 1. The predicted octanol–water partition coefficient (Wildman–Crippen LogP) is 1.78. The number of nitrogens with zero attached hydrogens (tertiary/aromatic N) is 1. The van der Waals surface area contributed by atoms with E-state index >= 15 is 0 Å². The molecular weight excluding hydrogens is 272 g/mol. The summed E-state index contributed by atoms with van der Waals surface area (Å²) in [5.41, 5.74) is 2.01. The molecule has 1 aromatic rings. The number of nitrogens with one attached hydrogen (secondary N) is 1. The van der Waals surface area contributed by atoms with Crippen molar-refractivity contribution in [2.45, 2.75) is 25.8 Å². The third kappa shape index (κ3) is 4.42. The Labute approximate surface area is 123 Å². The van der Waals surface area contributed by atoms with Crippen molar-refractivity contribution in [1.29, 1.82) is 0 Å². The van der Waals surface area contributed by atoms with Gasteiger partial charge in [-0.05, 0) is 38.9 Å². The summed E-state index contributed by atoms with van der Waals surface area (Å²) in [4.78, 5) is 14.1. The van der Waals surface area contributed by atoms with Gasteiger partial charge >= 0.3 is 0 Å². The zero-order valence-electron chi connectivity index (χ0n) is 12.1. The van der Waals surface area contributed by atoms with Crippen molar-refractivity contribution in [3.05, 3.63) is 29.8 Å².